The summed E-state index contributed by atoms with van der Waals surface area (Å²) in [5.74, 6) is 1.04. The van der Waals surface area contributed by atoms with Crippen LogP contribution in [-0.4, -0.2) is 34.8 Å². The fourth-order valence-corrected chi connectivity index (χ4v) is 1.61. The first-order chi connectivity index (χ1) is 7.67. The van der Waals surface area contributed by atoms with Crippen molar-refractivity contribution in [2.45, 2.75) is 25.8 Å². The third-order valence-electron chi connectivity index (χ3n) is 2.08. The van der Waals surface area contributed by atoms with Gasteiger partial charge in [0.05, 0.1) is 17.8 Å². The minimum Gasteiger partial charge on any atom is -0.480 e. The van der Waals surface area contributed by atoms with E-state index in [4.69, 9.17) is 9.84 Å². The SMILES string of the molecule is COc1nc(NC(C)CCCO)ncc1Br. The average Bonchev–Trinajstić information content (AvgIpc) is 2.29. The summed E-state index contributed by atoms with van der Waals surface area (Å²) in [6.07, 6.45) is 3.28. The molecule has 0 amide bonds. The van der Waals surface area contributed by atoms with Crippen LogP contribution in [0.25, 0.3) is 0 Å². The van der Waals surface area contributed by atoms with Crippen LogP contribution in [0.5, 0.6) is 5.88 Å². The van der Waals surface area contributed by atoms with Gasteiger partial charge in [-0.1, -0.05) is 0 Å². The number of ether oxygens (including phenoxy) is 1. The molecule has 0 saturated heterocycles. The van der Waals surface area contributed by atoms with Crippen molar-refractivity contribution < 1.29 is 9.84 Å². The van der Waals surface area contributed by atoms with Gasteiger partial charge >= 0.3 is 0 Å². The van der Waals surface area contributed by atoms with E-state index in [1.54, 1.807) is 13.3 Å². The predicted molar refractivity (Wildman–Crippen MR) is 65.7 cm³/mol. The number of hydrogen-bond acceptors (Lipinski definition) is 5. The molecule has 1 aromatic heterocycles. The Labute approximate surface area is 103 Å². The lowest BCUT2D eigenvalue weighted by molar-refractivity contribution is 0.282. The van der Waals surface area contributed by atoms with E-state index in [1.165, 1.54) is 0 Å². The summed E-state index contributed by atoms with van der Waals surface area (Å²) >= 11 is 3.29. The Morgan fingerprint density at radius 2 is 2.38 bits per heavy atom. The highest BCUT2D eigenvalue weighted by Crippen LogP contribution is 2.22. The van der Waals surface area contributed by atoms with Gasteiger partial charge in [0.25, 0.3) is 0 Å². The van der Waals surface area contributed by atoms with Crippen LogP contribution in [0.1, 0.15) is 19.8 Å². The number of halogens is 1. The van der Waals surface area contributed by atoms with Crippen molar-refractivity contribution in [3.63, 3.8) is 0 Å². The molecular formula is C10H16BrN3O2. The van der Waals surface area contributed by atoms with Crippen LogP contribution >= 0.6 is 15.9 Å². The van der Waals surface area contributed by atoms with Crippen molar-refractivity contribution in [1.29, 1.82) is 0 Å². The molecule has 0 aromatic carbocycles. The van der Waals surface area contributed by atoms with Crippen LogP contribution in [0, 0.1) is 0 Å². The molecule has 1 aromatic rings. The molecule has 0 aliphatic heterocycles. The molecule has 6 heteroatoms. The minimum atomic E-state index is 0.205. The molecule has 1 heterocycles. The van der Waals surface area contributed by atoms with Crippen LogP contribution in [0.3, 0.4) is 0 Å². The molecule has 1 unspecified atom stereocenters. The van der Waals surface area contributed by atoms with Gasteiger partial charge in [0.2, 0.25) is 11.8 Å². The van der Waals surface area contributed by atoms with Crippen LogP contribution in [-0.2, 0) is 0 Å². The molecule has 0 aliphatic rings. The van der Waals surface area contributed by atoms with Gasteiger partial charge in [-0.25, -0.2) is 4.98 Å². The van der Waals surface area contributed by atoms with Gasteiger partial charge in [0, 0.05) is 12.6 Å². The maximum Gasteiger partial charge on any atom is 0.232 e. The molecule has 2 N–H and O–H groups in total. The van der Waals surface area contributed by atoms with Gasteiger partial charge in [-0.15, -0.1) is 0 Å². The molecule has 1 rings (SSSR count). The van der Waals surface area contributed by atoms with E-state index >= 15 is 0 Å². The number of nitrogens with zero attached hydrogens (tertiary/aromatic N) is 2. The van der Waals surface area contributed by atoms with Crippen LogP contribution < -0.4 is 10.1 Å². The number of hydrogen-bond donors (Lipinski definition) is 2. The molecule has 0 saturated carbocycles. The third kappa shape index (κ3) is 3.94. The summed E-state index contributed by atoms with van der Waals surface area (Å²) in [6.45, 7) is 2.23. The van der Waals surface area contributed by atoms with E-state index in [1.807, 2.05) is 6.92 Å². The van der Waals surface area contributed by atoms with Crippen LogP contribution in [0.15, 0.2) is 10.7 Å². The van der Waals surface area contributed by atoms with Crippen molar-refractivity contribution in [3.05, 3.63) is 10.7 Å². The second-order valence-corrected chi connectivity index (χ2v) is 4.32. The number of aromatic nitrogens is 2. The zero-order valence-corrected chi connectivity index (χ0v) is 11.0. The first-order valence-electron chi connectivity index (χ1n) is 5.11. The number of aliphatic hydroxyl groups excluding tert-OH is 1. The Bertz CT molecular complexity index is 336. The lowest BCUT2D eigenvalue weighted by atomic mass is 10.2. The van der Waals surface area contributed by atoms with Crippen molar-refractivity contribution in [3.8, 4) is 5.88 Å². The monoisotopic (exact) mass is 289 g/mol. The van der Waals surface area contributed by atoms with Crippen molar-refractivity contribution in [1.82, 2.24) is 9.97 Å². The van der Waals surface area contributed by atoms with Gasteiger partial charge in [0.1, 0.15) is 0 Å². The van der Waals surface area contributed by atoms with Crippen LogP contribution in [0.4, 0.5) is 5.95 Å². The largest absolute Gasteiger partial charge is 0.480 e. The Kier molecular flexibility index (Phi) is 5.48. The minimum absolute atomic E-state index is 0.205. The van der Waals surface area contributed by atoms with Gasteiger partial charge in [-0.3, -0.25) is 0 Å². The summed E-state index contributed by atoms with van der Waals surface area (Å²) in [7, 11) is 1.56. The van der Waals surface area contributed by atoms with E-state index in [0.717, 1.165) is 17.3 Å². The van der Waals surface area contributed by atoms with Gasteiger partial charge < -0.3 is 15.2 Å². The topological polar surface area (TPSA) is 67.3 Å². The number of methoxy groups -OCH3 is 1. The Hall–Kier alpha value is -0.880. The van der Waals surface area contributed by atoms with E-state index < -0.39 is 0 Å². The fraction of sp³-hybridized carbons (Fsp3) is 0.600. The van der Waals surface area contributed by atoms with E-state index in [0.29, 0.717) is 11.8 Å². The highest BCUT2D eigenvalue weighted by molar-refractivity contribution is 9.10. The molecule has 5 nitrogen and oxygen atoms in total. The maximum absolute atomic E-state index is 8.71. The van der Waals surface area contributed by atoms with Crippen molar-refractivity contribution >= 4 is 21.9 Å². The fourth-order valence-electron chi connectivity index (χ4n) is 1.25. The smallest absolute Gasteiger partial charge is 0.232 e. The van der Waals surface area contributed by atoms with Gasteiger partial charge in [0.15, 0.2) is 0 Å². The first kappa shape index (κ1) is 13.2. The molecule has 1 atom stereocenters. The molecule has 0 fully saturated rings. The molecule has 0 aliphatic carbocycles. The van der Waals surface area contributed by atoms with Crippen molar-refractivity contribution in [2.24, 2.45) is 0 Å². The predicted octanol–water partition coefficient (Wildman–Crippen LogP) is 1.82. The second kappa shape index (κ2) is 6.65. The maximum atomic E-state index is 8.71. The first-order valence-corrected chi connectivity index (χ1v) is 5.90. The molecule has 90 valence electrons. The van der Waals surface area contributed by atoms with E-state index in [9.17, 15) is 0 Å². The normalized spacial score (nSPS) is 12.2. The molecule has 0 spiro atoms. The Balaban J connectivity index is 2.59. The lowest BCUT2D eigenvalue weighted by Gasteiger charge is -2.13. The summed E-state index contributed by atoms with van der Waals surface area (Å²) in [4.78, 5) is 8.31. The summed E-state index contributed by atoms with van der Waals surface area (Å²) in [5.41, 5.74) is 0. The van der Waals surface area contributed by atoms with Gasteiger partial charge in [-0.05, 0) is 35.7 Å². The summed E-state index contributed by atoms with van der Waals surface area (Å²) in [6, 6.07) is 0.220. The zero-order chi connectivity index (χ0) is 12.0. The number of rotatable bonds is 6. The highest BCUT2D eigenvalue weighted by atomic mass is 79.9. The average molecular weight is 290 g/mol. The number of nitrogens with one attached hydrogen (secondary N) is 1. The van der Waals surface area contributed by atoms with Gasteiger partial charge in [-0.2, -0.15) is 4.98 Å². The third-order valence-corrected chi connectivity index (χ3v) is 2.62. The quantitative estimate of drug-likeness (QED) is 0.836. The van der Waals surface area contributed by atoms with E-state index in [2.05, 4.69) is 31.2 Å². The summed E-state index contributed by atoms with van der Waals surface area (Å²) < 4.78 is 5.80. The standard InChI is InChI=1S/C10H16BrN3O2/c1-7(4-3-5-15)13-10-12-6-8(11)9(14-10)16-2/h6-7,15H,3-5H2,1-2H3,(H,12,13,14). The summed E-state index contributed by atoms with van der Waals surface area (Å²) in [5, 5.41) is 11.9. The highest BCUT2D eigenvalue weighted by Gasteiger charge is 2.07. The lowest BCUT2D eigenvalue weighted by Crippen LogP contribution is -2.17. The van der Waals surface area contributed by atoms with Crippen molar-refractivity contribution in [2.75, 3.05) is 19.0 Å². The molecule has 0 bridgehead atoms. The molecule has 0 radical (unpaired) electrons. The Morgan fingerprint density at radius 1 is 1.62 bits per heavy atom. The zero-order valence-electron chi connectivity index (χ0n) is 9.40. The number of aliphatic hydroxyl groups is 1. The molecule has 16 heavy (non-hydrogen) atoms. The molecular weight excluding hydrogens is 274 g/mol. The second-order valence-electron chi connectivity index (χ2n) is 3.46. The number of anilines is 1. The van der Waals surface area contributed by atoms with Crippen LogP contribution in [0.2, 0.25) is 0 Å². The Morgan fingerprint density at radius 3 is 3.00 bits per heavy atom. The van der Waals surface area contributed by atoms with E-state index in [-0.39, 0.29) is 12.6 Å².